The van der Waals surface area contributed by atoms with Crippen molar-refractivity contribution in [1.82, 2.24) is 0 Å². The molecule has 1 N–H and O–H groups in total. The third-order valence-electron chi connectivity index (χ3n) is 4.33. The van der Waals surface area contributed by atoms with E-state index < -0.39 is 5.91 Å². The van der Waals surface area contributed by atoms with E-state index in [2.05, 4.69) is 5.32 Å². The fourth-order valence-corrected chi connectivity index (χ4v) is 2.89. The Morgan fingerprint density at radius 3 is 2.58 bits per heavy atom. The van der Waals surface area contributed by atoms with Crippen molar-refractivity contribution < 1.29 is 18.7 Å². The van der Waals surface area contributed by atoms with Gasteiger partial charge in [0.1, 0.15) is 35.6 Å². The average Bonchev–Trinajstić information content (AvgIpc) is 2.78. The Bertz CT molecular complexity index is 1150. The van der Waals surface area contributed by atoms with Crippen LogP contribution in [0.25, 0.3) is 6.08 Å². The molecule has 0 unspecified atom stereocenters. The number of hydrogen-bond acceptors (Lipinski definition) is 4. The second-order valence-corrected chi connectivity index (χ2v) is 6.85. The summed E-state index contributed by atoms with van der Waals surface area (Å²) in [5, 5.41) is 12.6. The monoisotopic (exact) mass is 436 g/mol. The number of carbonyl (C=O) groups excluding carboxylic acids is 1. The largest absolute Gasteiger partial charge is 0.497 e. The fraction of sp³-hybridized carbons (Fsp3) is 0.0833. The number of nitriles is 1. The number of carbonyl (C=O) groups is 1. The lowest BCUT2D eigenvalue weighted by Gasteiger charge is -2.11. The van der Waals surface area contributed by atoms with Crippen molar-refractivity contribution in [2.45, 2.75) is 6.61 Å². The maximum absolute atomic E-state index is 13.9. The Kier molecular flexibility index (Phi) is 7.26. The van der Waals surface area contributed by atoms with Gasteiger partial charge in [0.2, 0.25) is 0 Å². The average molecular weight is 437 g/mol. The first-order valence-electron chi connectivity index (χ1n) is 9.23. The highest BCUT2D eigenvalue weighted by Gasteiger charge is 2.13. The quantitative estimate of drug-likeness (QED) is 0.386. The molecule has 3 aromatic rings. The zero-order valence-corrected chi connectivity index (χ0v) is 17.3. The number of hydrogen-bond donors (Lipinski definition) is 1. The standard InChI is InChI=1S/C24H18ClFN2O3/c1-30-21-9-7-20(8-10-21)28-24(29)18(14-27)12-17-13-19(25)6-11-23(17)31-15-16-4-2-3-5-22(16)26/h2-13H,15H2,1H3,(H,28,29)/b18-12+. The molecule has 0 aliphatic heterocycles. The lowest BCUT2D eigenvalue weighted by molar-refractivity contribution is -0.112. The molecule has 3 rings (SSSR count). The van der Waals surface area contributed by atoms with Gasteiger partial charge in [0.15, 0.2) is 0 Å². The molecule has 31 heavy (non-hydrogen) atoms. The number of ether oxygens (including phenoxy) is 2. The van der Waals surface area contributed by atoms with Crippen molar-refractivity contribution >= 4 is 29.3 Å². The molecule has 7 heteroatoms. The smallest absolute Gasteiger partial charge is 0.266 e. The molecular weight excluding hydrogens is 419 g/mol. The summed E-state index contributed by atoms with van der Waals surface area (Å²) in [7, 11) is 1.54. The van der Waals surface area contributed by atoms with E-state index in [1.807, 2.05) is 6.07 Å². The van der Waals surface area contributed by atoms with Crippen molar-refractivity contribution in [1.29, 1.82) is 5.26 Å². The fourth-order valence-electron chi connectivity index (χ4n) is 2.71. The molecule has 0 spiro atoms. The number of amides is 1. The summed E-state index contributed by atoms with van der Waals surface area (Å²) in [6, 6.07) is 19.6. The third-order valence-corrected chi connectivity index (χ3v) is 4.56. The lowest BCUT2D eigenvalue weighted by atomic mass is 10.1. The Labute approximate surface area is 184 Å². The normalized spacial score (nSPS) is 10.8. The molecule has 0 aliphatic rings. The lowest BCUT2D eigenvalue weighted by Crippen LogP contribution is -2.13. The SMILES string of the molecule is COc1ccc(NC(=O)/C(C#N)=C/c2cc(Cl)ccc2OCc2ccccc2F)cc1. The van der Waals surface area contributed by atoms with Crippen LogP contribution in [0.2, 0.25) is 5.02 Å². The predicted octanol–water partition coefficient (Wildman–Crippen LogP) is 5.61. The van der Waals surface area contributed by atoms with Gasteiger partial charge in [0, 0.05) is 21.8 Å². The Balaban J connectivity index is 1.82. The van der Waals surface area contributed by atoms with Crippen LogP contribution < -0.4 is 14.8 Å². The van der Waals surface area contributed by atoms with Gasteiger partial charge in [0.05, 0.1) is 7.11 Å². The van der Waals surface area contributed by atoms with E-state index in [1.165, 1.54) is 12.1 Å². The van der Waals surface area contributed by atoms with Crippen LogP contribution in [0.1, 0.15) is 11.1 Å². The van der Waals surface area contributed by atoms with Crippen LogP contribution in [-0.2, 0) is 11.4 Å². The van der Waals surface area contributed by atoms with E-state index in [-0.39, 0.29) is 18.0 Å². The number of benzene rings is 3. The molecule has 3 aromatic carbocycles. The zero-order valence-electron chi connectivity index (χ0n) is 16.6. The van der Waals surface area contributed by atoms with Gasteiger partial charge in [-0.15, -0.1) is 0 Å². The van der Waals surface area contributed by atoms with E-state index >= 15 is 0 Å². The van der Waals surface area contributed by atoms with Gasteiger partial charge in [-0.2, -0.15) is 5.26 Å². The first kappa shape index (κ1) is 21.9. The number of nitrogens with one attached hydrogen (secondary N) is 1. The summed E-state index contributed by atoms with van der Waals surface area (Å²) in [4.78, 5) is 12.6. The summed E-state index contributed by atoms with van der Waals surface area (Å²) in [5.74, 6) is 0.0279. The highest BCUT2D eigenvalue weighted by atomic mass is 35.5. The maximum Gasteiger partial charge on any atom is 0.266 e. The second-order valence-electron chi connectivity index (χ2n) is 6.41. The van der Waals surface area contributed by atoms with Gasteiger partial charge < -0.3 is 14.8 Å². The molecule has 156 valence electrons. The summed E-state index contributed by atoms with van der Waals surface area (Å²) in [5.41, 5.74) is 1.17. The molecule has 5 nitrogen and oxygen atoms in total. The van der Waals surface area contributed by atoms with Gasteiger partial charge in [-0.25, -0.2) is 4.39 Å². The van der Waals surface area contributed by atoms with E-state index in [0.29, 0.717) is 33.3 Å². The topological polar surface area (TPSA) is 71.3 Å². The number of methoxy groups -OCH3 is 1. The van der Waals surface area contributed by atoms with Crippen LogP contribution in [-0.4, -0.2) is 13.0 Å². The minimum Gasteiger partial charge on any atom is -0.497 e. The molecule has 0 radical (unpaired) electrons. The molecular formula is C24H18ClFN2O3. The van der Waals surface area contributed by atoms with Gasteiger partial charge in [-0.1, -0.05) is 29.8 Å². The van der Waals surface area contributed by atoms with E-state index in [0.717, 1.165) is 0 Å². The minimum absolute atomic E-state index is 0.0188. The zero-order chi connectivity index (χ0) is 22.2. The van der Waals surface area contributed by atoms with Crippen molar-refractivity contribution in [2.75, 3.05) is 12.4 Å². The molecule has 0 aromatic heterocycles. The molecule has 0 aliphatic carbocycles. The second kappa shape index (κ2) is 10.3. The van der Waals surface area contributed by atoms with E-state index in [1.54, 1.807) is 67.8 Å². The highest BCUT2D eigenvalue weighted by molar-refractivity contribution is 6.30. The van der Waals surface area contributed by atoms with Crippen LogP contribution in [0.5, 0.6) is 11.5 Å². The van der Waals surface area contributed by atoms with Crippen molar-refractivity contribution in [3.8, 4) is 17.6 Å². The molecule has 0 bridgehead atoms. The first-order valence-corrected chi connectivity index (χ1v) is 9.61. The van der Waals surface area contributed by atoms with E-state index in [9.17, 15) is 14.4 Å². The number of halogens is 2. The molecule has 0 heterocycles. The summed E-state index contributed by atoms with van der Waals surface area (Å²) in [6.07, 6.45) is 1.38. The van der Waals surface area contributed by atoms with Crippen LogP contribution in [0, 0.1) is 17.1 Å². The van der Waals surface area contributed by atoms with Gasteiger partial charge in [-0.05, 0) is 54.6 Å². The Morgan fingerprint density at radius 2 is 1.90 bits per heavy atom. The van der Waals surface area contributed by atoms with Gasteiger partial charge in [-0.3, -0.25) is 4.79 Å². The summed E-state index contributed by atoms with van der Waals surface area (Å²) in [6.45, 7) is -0.0188. The van der Waals surface area contributed by atoms with Crippen molar-refractivity contribution in [3.05, 3.63) is 94.3 Å². The highest BCUT2D eigenvalue weighted by Crippen LogP contribution is 2.27. The van der Waals surface area contributed by atoms with Gasteiger partial charge >= 0.3 is 0 Å². The number of nitrogens with zero attached hydrogens (tertiary/aromatic N) is 1. The number of rotatable bonds is 7. The molecule has 0 atom stereocenters. The van der Waals surface area contributed by atoms with Crippen molar-refractivity contribution in [2.24, 2.45) is 0 Å². The summed E-state index contributed by atoms with van der Waals surface area (Å²) < 4.78 is 24.7. The van der Waals surface area contributed by atoms with Crippen LogP contribution in [0.15, 0.2) is 72.3 Å². The molecule has 0 fully saturated rings. The Hall–Kier alpha value is -3.82. The van der Waals surface area contributed by atoms with Crippen molar-refractivity contribution in [3.63, 3.8) is 0 Å². The van der Waals surface area contributed by atoms with Crippen LogP contribution >= 0.6 is 11.6 Å². The molecule has 0 saturated heterocycles. The minimum atomic E-state index is -0.590. The molecule has 1 amide bonds. The Morgan fingerprint density at radius 1 is 1.16 bits per heavy atom. The van der Waals surface area contributed by atoms with Crippen LogP contribution in [0.4, 0.5) is 10.1 Å². The number of anilines is 1. The summed E-state index contributed by atoms with van der Waals surface area (Å²) >= 11 is 6.08. The third kappa shape index (κ3) is 5.84. The van der Waals surface area contributed by atoms with Gasteiger partial charge in [0.25, 0.3) is 5.91 Å². The first-order chi connectivity index (χ1) is 15.0. The molecule has 0 saturated carbocycles. The van der Waals surface area contributed by atoms with Crippen LogP contribution in [0.3, 0.4) is 0 Å². The predicted molar refractivity (Wildman–Crippen MR) is 117 cm³/mol. The van der Waals surface area contributed by atoms with E-state index in [4.69, 9.17) is 21.1 Å². The maximum atomic E-state index is 13.9.